The molecule has 1 amide bonds. The van der Waals surface area contributed by atoms with Crippen molar-refractivity contribution < 1.29 is 9.18 Å². The molecule has 0 aromatic heterocycles. The second-order valence-corrected chi connectivity index (χ2v) is 6.53. The average molecular weight is 362 g/mol. The van der Waals surface area contributed by atoms with Gasteiger partial charge in [-0.05, 0) is 52.9 Å². The highest BCUT2D eigenvalue weighted by Gasteiger charge is 2.14. The van der Waals surface area contributed by atoms with Gasteiger partial charge in [-0.1, -0.05) is 55.5 Å². The van der Waals surface area contributed by atoms with Gasteiger partial charge in [0.05, 0.1) is 6.04 Å². The molecule has 138 valence electrons. The topological polar surface area (TPSA) is 55.1 Å². The van der Waals surface area contributed by atoms with Crippen LogP contribution in [0.4, 0.5) is 4.39 Å². The maximum absolute atomic E-state index is 13.8. The van der Waals surface area contributed by atoms with E-state index in [9.17, 15) is 9.18 Å². The molecule has 0 bridgehead atoms. The number of carbonyl (C=O) groups is 1. The number of hydrogen-bond acceptors (Lipinski definition) is 2. The van der Waals surface area contributed by atoms with Crippen LogP contribution in [0.2, 0.25) is 0 Å². The second kappa shape index (κ2) is 8.60. The first kappa shape index (κ1) is 18.8. The van der Waals surface area contributed by atoms with E-state index in [1.165, 1.54) is 11.6 Å². The summed E-state index contributed by atoms with van der Waals surface area (Å²) in [5.74, 6) is -0.696. The second-order valence-electron chi connectivity index (χ2n) is 6.53. The summed E-state index contributed by atoms with van der Waals surface area (Å²) in [6.45, 7) is 2.70. The summed E-state index contributed by atoms with van der Waals surface area (Å²) in [5.41, 5.74) is 9.99. The standard InChI is InChI=1S/C23H23FN2O/c1-2-16-6-10-18(11-7-16)22(20-4-3-5-21(24)14-20)26-15-17-8-12-19(13-9-17)23(25)27/h3-14,22,26H,2,15H2,1H3,(H2,25,27). The van der Waals surface area contributed by atoms with Gasteiger partial charge >= 0.3 is 0 Å². The fraction of sp³-hybridized carbons (Fsp3) is 0.174. The number of benzene rings is 3. The lowest BCUT2D eigenvalue weighted by molar-refractivity contribution is 0.100. The van der Waals surface area contributed by atoms with Crippen LogP contribution in [0.5, 0.6) is 0 Å². The van der Waals surface area contributed by atoms with Crippen molar-refractivity contribution in [1.82, 2.24) is 5.32 Å². The Labute approximate surface area is 159 Å². The Morgan fingerprint density at radius 1 is 0.963 bits per heavy atom. The number of nitrogens with two attached hydrogens (primary N) is 1. The molecule has 0 spiro atoms. The Balaban J connectivity index is 1.84. The molecule has 3 aromatic rings. The summed E-state index contributed by atoms with van der Waals surface area (Å²) in [4.78, 5) is 11.2. The lowest BCUT2D eigenvalue weighted by Crippen LogP contribution is -2.22. The van der Waals surface area contributed by atoms with Crippen LogP contribution in [-0.2, 0) is 13.0 Å². The first-order valence-electron chi connectivity index (χ1n) is 9.03. The first-order chi connectivity index (χ1) is 13.1. The molecule has 0 radical (unpaired) electrons. The maximum Gasteiger partial charge on any atom is 0.248 e. The highest BCUT2D eigenvalue weighted by atomic mass is 19.1. The number of rotatable bonds is 7. The van der Waals surface area contributed by atoms with Gasteiger partial charge in [0.1, 0.15) is 5.82 Å². The normalized spacial score (nSPS) is 11.9. The van der Waals surface area contributed by atoms with Gasteiger partial charge in [0, 0.05) is 12.1 Å². The van der Waals surface area contributed by atoms with Crippen molar-refractivity contribution >= 4 is 5.91 Å². The zero-order chi connectivity index (χ0) is 19.2. The van der Waals surface area contributed by atoms with Gasteiger partial charge in [-0.15, -0.1) is 0 Å². The molecular formula is C23H23FN2O. The van der Waals surface area contributed by atoms with Crippen LogP contribution in [0, 0.1) is 5.82 Å². The lowest BCUT2D eigenvalue weighted by atomic mass is 9.96. The predicted molar refractivity (Wildman–Crippen MR) is 106 cm³/mol. The summed E-state index contributed by atoms with van der Waals surface area (Å²) >= 11 is 0. The van der Waals surface area contributed by atoms with E-state index in [1.54, 1.807) is 24.3 Å². The first-order valence-corrected chi connectivity index (χ1v) is 9.03. The molecule has 3 aromatic carbocycles. The minimum absolute atomic E-state index is 0.137. The number of halogens is 1. The van der Waals surface area contributed by atoms with Crippen LogP contribution in [-0.4, -0.2) is 5.91 Å². The van der Waals surface area contributed by atoms with Gasteiger partial charge in [-0.3, -0.25) is 4.79 Å². The summed E-state index contributed by atoms with van der Waals surface area (Å²) in [6.07, 6.45) is 0.977. The molecule has 1 unspecified atom stereocenters. The van der Waals surface area contributed by atoms with E-state index in [4.69, 9.17) is 5.73 Å². The van der Waals surface area contributed by atoms with Crippen LogP contribution >= 0.6 is 0 Å². The van der Waals surface area contributed by atoms with E-state index in [0.717, 1.165) is 23.1 Å². The average Bonchev–Trinajstić information content (AvgIpc) is 2.69. The molecule has 4 heteroatoms. The number of aryl methyl sites for hydroxylation is 1. The minimum atomic E-state index is -0.442. The highest BCUT2D eigenvalue weighted by molar-refractivity contribution is 5.92. The van der Waals surface area contributed by atoms with E-state index in [0.29, 0.717) is 12.1 Å². The smallest absolute Gasteiger partial charge is 0.248 e. The van der Waals surface area contributed by atoms with Crippen LogP contribution in [0.15, 0.2) is 72.8 Å². The summed E-state index contributed by atoms with van der Waals surface area (Å²) in [7, 11) is 0. The fourth-order valence-electron chi connectivity index (χ4n) is 3.07. The molecule has 3 N–H and O–H groups in total. The van der Waals surface area contributed by atoms with E-state index >= 15 is 0 Å². The number of carbonyl (C=O) groups excluding carboxylic acids is 1. The van der Waals surface area contributed by atoms with Crippen molar-refractivity contribution in [2.45, 2.75) is 25.9 Å². The molecule has 27 heavy (non-hydrogen) atoms. The molecule has 0 aliphatic rings. The third-order valence-electron chi connectivity index (χ3n) is 4.65. The third-order valence-corrected chi connectivity index (χ3v) is 4.65. The summed E-state index contributed by atoms with van der Waals surface area (Å²) in [5, 5.41) is 3.50. The van der Waals surface area contributed by atoms with Crippen LogP contribution in [0.25, 0.3) is 0 Å². The Hall–Kier alpha value is -2.98. The summed E-state index contributed by atoms with van der Waals surface area (Å²) < 4.78 is 13.8. The molecule has 0 aliphatic carbocycles. The van der Waals surface area contributed by atoms with Gasteiger partial charge in [0.2, 0.25) is 5.91 Å². The van der Waals surface area contributed by atoms with Crippen molar-refractivity contribution in [1.29, 1.82) is 0 Å². The lowest BCUT2D eigenvalue weighted by Gasteiger charge is -2.20. The predicted octanol–water partition coefficient (Wildman–Crippen LogP) is 4.37. The highest BCUT2D eigenvalue weighted by Crippen LogP contribution is 2.24. The van der Waals surface area contributed by atoms with E-state index < -0.39 is 5.91 Å². The van der Waals surface area contributed by atoms with Crippen molar-refractivity contribution in [3.8, 4) is 0 Å². The molecule has 0 fully saturated rings. The van der Waals surface area contributed by atoms with Crippen molar-refractivity contribution in [3.05, 3.63) is 106 Å². The van der Waals surface area contributed by atoms with Crippen molar-refractivity contribution in [2.75, 3.05) is 0 Å². The van der Waals surface area contributed by atoms with Crippen LogP contribution in [0.1, 0.15) is 45.6 Å². The SMILES string of the molecule is CCc1ccc(C(NCc2ccc(C(N)=O)cc2)c2cccc(F)c2)cc1. The van der Waals surface area contributed by atoms with Gasteiger partial charge in [-0.2, -0.15) is 0 Å². The molecule has 3 rings (SSSR count). The fourth-order valence-corrected chi connectivity index (χ4v) is 3.07. The van der Waals surface area contributed by atoms with E-state index in [2.05, 4.69) is 36.5 Å². The maximum atomic E-state index is 13.8. The largest absolute Gasteiger partial charge is 0.366 e. The number of amides is 1. The number of hydrogen-bond donors (Lipinski definition) is 2. The van der Waals surface area contributed by atoms with Gasteiger partial charge in [0.15, 0.2) is 0 Å². The summed E-state index contributed by atoms with van der Waals surface area (Å²) in [6, 6.07) is 22.1. The zero-order valence-corrected chi connectivity index (χ0v) is 15.3. The monoisotopic (exact) mass is 362 g/mol. The number of primary amides is 1. The van der Waals surface area contributed by atoms with Gasteiger partial charge in [0.25, 0.3) is 0 Å². The molecule has 1 atom stereocenters. The Morgan fingerprint density at radius 3 is 2.22 bits per heavy atom. The third kappa shape index (κ3) is 4.80. The molecule has 0 heterocycles. The van der Waals surface area contributed by atoms with Crippen molar-refractivity contribution in [2.24, 2.45) is 5.73 Å². The Kier molecular flexibility index (Phi) is 5.99. The van der Waals surface area contributed by atoms with E-state index in [1.807, 2.05) is 18.2 Å². The van der Waals surface area contributed by atoms with Crippen LogP contribution in [0.3, 0.4) is 0 Å². The molecule has 0 aliphatic heterocycles. The molecular weight excluding hydrogens is 339 g/mol. The van der Waals surface area contributed by atoms with Crippen molar-refractivity contribution in [3.63, 3.8) is 0 Å². The number of nitrogens with one attached hydrogen (secondary N) is 1. The van der Waals surface area contributed by atoms with Gasteiger partial charge < -0.3 is 11.1 Å². The Morgan fingerprint density at radius 2 is 1.63 bits per heavy atom. The molecule has 0 saturated carbocycles. The van der Waals surface area contributed by atoms with Gasteiger partial charge in [-0.25, -0.2) is 4.39 Å². The van der Waals surface area contributed by atoms with Crippen LogP contribution < -0.4 is 11.1 Å². The quantitative estimate of drug-likeness (QED) is 0.656. The minimum Gasteiger partial charge on any atom is -0.366 e. The molecule has 0 saturated heterocycles. The van der Waals surface area contributed by atoms with E-state index in [-0.39, 0.29) is 11.9 Å². The zero-order valence-electron chi connectivity index (χ0n) is 15.3. The Bertz CT molecular complexity index is 904. The molecule has 3 nitrogen and oxygen atoms in total.